The van der Waals surface area contributed by atoms with Crippen molar-refractivity contribution in [3.8, 4) is 0 Å². The second kappa shape index (κ2) is 7.98. The monoisotopic (exact) mass is 435 g/mol. The topological polar surface area (TPSA) is 89.2 Å². The molecule has 2 N–H and O–H groups in total. The molecular weight excluding hydrogens is 406 g/mol. The van der Waals surface area contributed by atoms with E-state index < -0.39 is 17.4 Å². The molecule has 0 saturated heterocycles. The van der Waals surface area contributed by atoms with Crippen LogP contribution in [-0.4, -0.2) is 38.9 Å². The van der Waals surface area contributed by atoms with Crippen LogP contribution in [-0.2, 0) is 9.53 Å². The molecule has 0 bridgehead atoms. The van der Waals surface area contributed by atoms with Crippen LogP contribution in [0.5, 0.6) is 0 Å². The number of methoxy groups -OCH3 is 1. The average Bonchev–Trinajstić information content (AvgIpc) is 3.31. The molecule has 168 valence electrons. The number of rotatable bonds is 7. The lowest BCUT2D eigenvalue weighted by molar-refractivity contribution is -0.150. The van der Waals surface area contributed by atoms with E-state index in [2.05, 4.69) is 18.0 Å². The van der Waals surface area contributed by atoms with Crippen molar-refractivity contribution in [3.05, 3.63) is 70.3 Å². The van der Waals surface area contributed by atoms with Gasteiger partial charge in [-0.2, -0.15) is 0 Å². The highest BCUT2D eigenvalue weighted by molar-refractivity contribution is 5.87. The van der Waals surface area contributed by atoms with E-state index in [-0.39, 0.29) is 18.3 Å². The minimum absolute atomic E-state index is 0.105. The third-order valence-electron chi connectivity index (χ3n) is 6.62. The average molecular weight is 436 g/mol. The smallest absolute Gasteiger partial charge is 0.330 e. The number of carboxylic acids is 1. The summed E-state index contributed by atoms with van der Waals surface area (Å²) in [5.41, 5.74) is 3.16. The summed E-state index contributed by atoms with van der Waals surface area (Å²) < 4.78 is 8.72. The third kappa shape index (κ3) is 3.24. The number of ether oxygens (including phenoxy) is 1. The van der Waals surface area contributed by atoms with Crippen LogP contribution < -0.4 is 5.69 Å². The van der Waals surface area contributed by atoms with Gasteiger partial charge in [0.05, 0.1) is 35.1 Å². The Morgan fingerprint density at radius 1 is 1.12 bits per heavy atom. The molecule has 2 unspecified atom stereocenters. The van der Waals surface area contributed by atoms with Gasteiger partial charge in [-0.05, 0) is 51.5 Å². The first-order valence-corrected chi connectivity index (χ1v) is 10.7. The van der Waals surface area contributed by atoms with E-state index in [1.54, 1.807) is 23.0 Å². The largest absolute Gasteiger partial charge is 0.481 e. The molecule has 4 aromatic rings. The van der Waals surface area contributed by atoms with Crippen LogP contribution in [0.1, 0.15) is 44.0 Å². The van der Waals surface area contributed by atoms with Gasteiger partial charge < -0.3 is 14.8 Å². The molecule has 0 saturated carbocycles. The minimum atomic E-state index is -1.21. The van der Waals surface area contributed by atoms with E-state index in [0.717, 1.165) is 27.5 Å². The molecule has 0 aliphatic rings. The standard InChI is InChI=1S/C25H29N3O4/c1-15-9-8-10-18-22(15)17(13-26-18)16(2)27-19-11-6-7-12-20(19)28(24(27)31)21(14-32-5)25(3,4)23(29)30/h6-13,16,21,26H,14H2,1-5H3,(H,29,30). The van der Waals surface area contributed by atoms with Gasteiger partial charge in [-0.25, -0.2) is 4.79 Å². The number of hydrogen-bond acceptors (Lipinski definition) is 3. The van der Waals surface area contributed by atoms with Gasteiger partial charge in [-0.3, -0.25) is 13.9 Å². The summed E-state index contributed by atoms with van der Waals surface area (Å²) in [6.45, 7) is 7.42. The molecule has 4 rings (SSSR count). The van der Waals surface area contributed by atoms with Gasteiger partial charge in [-0.15, -0.1) is 0 Å². The number of carbonyl (C=O) groups is 1. The molecule has 7 nitrogen and oxygen atoms in total. The molecule has 2 atom stereocenters. The van der Waals surface area contributed by atoms with Gasteiger partial charge in [0.1, 0.15) is 0 Å². The van der Waals surface area contributed by atoms with Crippen molar-refractivity contribution in [1.29, 1.82) is 0 Å². The lowest BCUT2D eigenvalue weighted by Gasteiger charge is -2.31. The zero-order valence-electron chi connectivity index (χ0n) is 19.0. The highest BCUT2D eigenvalue weighted by atomic mass is 16.5. The number of imidazole rings is 1. The second-order valence-electron chi connectivity index (χ2n) is 8.93. The SMILES string of the molecule is COCC(n1c(=O)n(C(C)c2c[nH]c3cccc(C)c23)c2ccccc21)C(C)(C)C(=O)O. The van der Waals surface area contributed by atoms with Crippen LogP contribution >= 0.6 is 0 Å². The molecule has 2 aromatic carbocycles. The first-order valence-electron chi connectivity index (χ1n) is 10.7. The Morgan fingerprint density at radius 3 is 2.41 bits per heavy atom. The molecule has 0 fully saturated rings. The van der Waals surface area contributed by atoms with E-state index in [1.807, 2.05) is 49.5 Å². The molecule has 0 amide bonds. The normalized spacial score (nSPS) is 14.2. The van der Waals surface area contributed by atoms with Crippen molar-refractivity contribution in [2.75, 3.05) is 13.7 Å². The predicted octanol–water partition coefficient (Wildman–Crippen LogP) is 4.50. The molecule has 7 heteroatoms. The van der Waals surface area contributed by atoms with Crippen molar-refractivity contribution in [2.45, 2.75) is 39.8 Å². The summed E-state index contributed by atoms with van der Waals surface area (Å²) in [7, 11) is 1.52. The van der Waals surface area contributed by atoms with Crippen LogP contribution in [0.25, 0.3) is 21.9 Å². The van der Waals surface area contributed by atoms with Gasteiger partial charge in [0.15, 0.2) is 0 Å². The fourth-order valence-corrected chi connectivity index (χ4v) is 4.64. The Labute approximate surface area is 186 Å². The first-order chi connectivity index (χ1) is 15.2. The highest BCUT2D eigenvalue weighted by Gasteiger charge is 2.40. The van der Waals surface area contributed by atoms with Crippen molar-refractivity contribution in [3.63, 3.8) is 0 Å². The Bertz CT molecular complexity index is 1360. The first kappa shape index (κ1) is 21.9. The molecule has 0 radical (unpaired) electrons. The number of hydrogen-bond donors (Lipinski definition) is 2. The summed E-state index contributed by atoms with van der Waals surface area (Å²) in [5, 5.41) is 11.0. The Hall–Kier alpha value is -3.32. The number of nitrogens with one attached hydrogen (secondary N) is 1. The number of nitrogens with zero attached hydrogens (tertiary/aromatic N) is 2. The van der Waals surface area contributed by atoms with E-state index in [4.69, 9.17) is 4.74 Å². The number of carboxylic acid groups (broad SMARTS) is 1. The Kier molecular flexibility index (Phi) is 5.46. The number of aromatic nitrogens is 3. The van der Waals surface area contributed by atoms with E-state index in [9.17, 15) is 14.7 Å². The molecule has 2 aromatic heterocycles. The number of aryl methyl sites for hydroxylation is 1. The zero-order chi connectivity index (χ0) is 23.2. The quantitative estimate of drug-likeness (QED) is 0.447. The van der Waals surface area contributed by atoms with Crippen molar-refractivity contribution >= 4 is 27.9 Å². The van der Waals surface area contributed by atoms with Crippen molar-refractivity contribution in [1.82, 2.24) is 14.1 Å². The van der Waals surface area contributed by atoms with E-state index in [1.165, 1.54) is 7.11 Å². The van der Waals surface area contributed by atoms with Crippen LogP contribution in [0, 0.1) is 12.3 Å². The molecule has 0 aliphatic heterocycles. The second-order valence-corrected chi connectivity index (χ2v) is 8.93. The van der Waals surface area contributed by atoms with Crippen LogP contribution in [0.2, 0.25) is 0 Å². The summed E-state index contributed by atoms with van der Waals surface area (Å²) >= 11 is 0. The maximum atomic E-state index is 13.9. The van der Waals surface area contributed by atoms with Gasteiger partial charge in [0, 0.05) is 29.8 Å². The summed E-state index contributed by atoms with van der Waals surface area (Å²) in [6.07, 6.45) is 1.95. The van der Waals surface area contributed by atoms with Crippen molar-refractivity contribution in [2.24, 2.45) is 5.41 Å². The molecule has 2 heterocycles. The number of H-pyrrole nitrogens is 1. The van der Waals surface area contributed by atoms with Crippen LogP contribution in [0.15, 0.2) is 53.5 Å². The lowest BCUT2D eigenvalue weighted by atomic mass is 9.84. The summed E-state index contributed by atoms with van der Waals surface area (Å²) in [6, 6.07) is 12.7. The van der Waals surface area contributed by atoms with Crippen LogP contribution in [0.3, 0.4) is 0 Å². The van der Waals surface area contributed by atoms with Gasteiger partial charge in [-0.1, -0.05) is 24.3 Å². The molecule has 0 aliphatic carbocycles. The van der Waals surface area contributed by atoms with Crippen molar-refractivity contribution < 1.29 is 14.6 Å². The van der Waals surface area contributed by atoms with Crippen LogP contribution in [0.4, 0.5) is 0 Å². The molecule has 0 spiro atoms. The number of aliphatic carboxylic acids is 1. The molecule has 32 heavy (non-hydrogen) atoms. The van der Waals surface area contributed by atoms with Gasteiger partial charge in [0.25, 0.3) is 0 Å². The maximum Gasteiger partial charge on any atom is 0.330 e. The van der Waals surface area contributed by atoms with E-state index >= 15 is 0 Å². The maximum absolute atomic E-state index is 13.9. The molecular formula is C25H29N3O4. The van der Waals surface area contributed by atoms with Gasteiger partial charge in [0.2, 0.25) is 0 Å². The Balaban J connectivity index is 1.99. The number of para-hydroxylation sites is 2. The summed E-state index contributed by atoms with van der Waals surface area (Å²) in [5.74, 6) is -0.983. The minimum Gasteiger partial charge on any atom is -0.481 e. The fourth-order valence-electron chi connectivity index (χ4n) is 4.64. The fraction of sp³-hybridized carbons (Fsp3) is 0.360. The number of fused-ring (bicyclic) bond motifs is 2. The van der Waals surface area contributed by atoms with Gasteiger partial charge >= 0.3 is 11.7 Å². The highest BCUT2D eigenvalue weighted by Crippen LogP contribution is 2.35. The predicted molar refractivity (Wildman–Crippen MR) is 125 cm³/mol. The number of aromatic amines is 1. The number of benzene rings is 2. The zero-order valence-corrected chi connectivity index (χ0v) is 19.0. The summed E-state index contributed by atoms with van der Waals surface area (Å²) in [4.78, 5) is 29.3. The lowest BCUT2D eigenvalue weighted by Crippen LogP contribution is -2.42. The Morgan fingerprint density at radius 2 is 1.78 bits per heavy atom. The van der Waals surface area contributed by atoms with E-state index in [0.29, 0.717) is 5.52 Å². The third-order valence-corrected chi connectivity index (χ3v) is 6.62.